The van der Waals surface area contributed by atoms with Crippen molar-refractivity contribution in [1.82, 2.24) is 4.98 Å². The summed E-state index contributed by atoms with van der Waals surface area (Å²) in [4.78, 5) is 27.7. The van der Waals surface area contributed by atoms with Crippen LogP contribution in [0.4, 0.5) is 0 Å². The zero-order valence-corrected chi connectivity index (χ0v) is 14.9. The van der Waals surface area contributed by atoms with Crippen molar-refractivity contribution in [3.8, 4) is 16.3 Å². The minimum atomic E-state index is -1.05. The molecule has 2 rings (SSSR count). The highest BCUT2D eigenvalue weighted by molar-refractivity contribution is 7.13. The summed E-state index contributed by atoms with van der Waals surface area (Å²) in [7, 11) is 0. The molecule has 1 aromatic carbocycles. The zero-order valence-electron chi connectivity index (χ0n) is 14.0. The molecule has 5 nitrogen and oxygen atoms in total. The predicted molar refractivity (Wildman–Crippen MR) is 93.5 cm³/mol. The van der Waals surface area contributed by atoms with E-state index in [9.17, 15) is 9.59 Å². The number of rotatable bonds is 8. The van der Waals surface area contributed by atoms with Gasteiger partial charge in [0.05, 0.1) is 17.7 Å². The molecule has 1 aromatic heterocycles. The normalized spacial score (nSPS) is 11.3. The van der Waals surface area contributed by atoms with Crippen molar-refractivity contribution < 1.29 is 19.4 Å². The lowest BCUT2D eigenvalue weighted by Gasteiger charge is -2.17. The van der Waals surface area contributed by atoms with E-state index in [0.29, 0.717) is 12.3 Å². The van der Waals surface area contributed by atoms with Crippen molar-refractivity contribution in [2.45, 2.75) is 33.6 Å². The minimum absolute atomic E-state index is 0.00174. The SMILES string of the molecule is CCOc1ccc(-c2nc(CC(=O)CC(C)(C)C(=O)O)cs2)cc1. The average molecular weight is 347 g/mol. The molecular formula is C18H21NO4S. The van der Waals surface area contributed by atoms with Crippen molar-refractivity contribution in [2.24, 2.45) is 5.41 Å². The van der Waals surface area contributed by atoms with Crippen LogP contribution in [-0.2, 0) is 16.0 Å². The minimum Gasteiger partial charge on any atom is -0.494 e. The Hall–Kier alpha value is -2.21. The van der Waals surface area contributed by atoms with Gasteiger partial charge in [0.25, 0.3) is 0 Å². The number of hydrogen-bond donors (Lipinski definition) is 1. The summed E-state index contributed by atoms with van der Waals surface area (Å²) >= 11 is 1.47. The van der Waals surface area contributed by atoms with Gasteiger partial charge in [-0.3, -0.25) is 9.59 Å². The first-order valence-corrected chi connectivity index (χ1v) is 8.62. The summed E-state index contributed by atoms with van der Waals surface area (Å²) in [6.45, 7) is 5.67. The lowest BCUT2D eigenvalue weighted by atomic mass is 9.86. The number of carbonyl (C=O) groups excluding carboxylic acids is 1. The number of ether oxygens (including phenoxy) is 1. The van der Waals surface area contributed by atoms with E-state index >= 15 is 0 Å². The summed E-state index contributed by atoms with van der Waals surface area (Å²) in [5, 5.41) is 11.8. The molecule has 0 bridgehead atoms. The predicted octanol–water partition coefficient (Wildman–Crippen LogP) is 3.82. The molecule has 0 unspecified atom stereocenters. The Morgan fingerprint density at radius 1 is 1.25 bits per heavy atom. The Labute approximate surface area is 145 Å². The molecule has 6 heteroatoms. The van der Waals surface area contributed by atoms with Gasteiger partial charge in [-0.25, -0.2) is 4.98 Å². The fourth-order valence-corrected chi connectivity index (χ4v) is 3.04. The quantitative estimate of drug-likeness (QED) is 0.785. The lowest BCUT2D eigenvalue weighted by molar-refractivity contribution is -0.149. The Morgan fingerprint density at radius 3 is 2.50 bits per heavy atom. The third-order valence-electron chi connectivity index (χ3n) is 3.56. The third-order valence-corrected chi connectivity index (χ3v) is 4.50. The summed E-state index contributed by atoms with van der Waals surface area (Å²) in [6, 6.07) is 7.65. The molecule has 24 heavy (non-hydrogen) atoms. The van der Waals surface area contributed by atoms with Gasteiger partial charge < -0.3 is 9.84 Å². The van der Waals surface area contributed by atoms with Crippen molar-refractivity contribution in [3.05, 3.63) is 35.3 Å². The first kappa shape index (κ1) is 18.1. The second-order valence-corrected chi connectivity index (χ2v) is 7.04. The van der Waals surface area contributed by atoms with Crippen molar-refractivity contribution >= 4 is 23.1 Å². The number of nitrogens with zero attached hydrogens (tertiary/aromatic N) is 1. The number of hydrogen-bond acceptors (Lipinski definition) is 5. The number of carbonyl (C=O) groups is 2. The van der Waals surface area contributed by atoms with E-state index in [1.54, 1.807) is 13.8 Å². The molecule has 0 saturated heterocycles. The molecule has 0 saturated carbocycles. The molecule has 0 atom stereocenters. The van der Waals surface area contributed by atoms with Crippen LogP contribution in [-0.4, -0.2) is 28.4 Å². The summed E-state index contributed by atoms with van der Waals surface area (Å²) in [6.07, 6.45) is 0.155. The monoisotopic (exact) mass is 347 g/mol. The van der Waals surface area contributed by atoms with E-state index in [4.69, 9.17) is 9.84 Å². The molecule has 0 spiro atoms. The van der Waals surface area contributed by atoms with E-state index in [2.05, 4.69) is 4.98 Å². The van der Waals surface area contributed by atoms with Crippen LogP contribution in [0.1, 0.15) is 32.9 Å². The smallest absolute Gasteiger partial charge is 0.309 e. The maximum Gasteiger partial charge on any atom is 0.309 e. The Balaban J connectivity index is 2.02. The maximum absolute atomic E-state index is 12.1. The molecule has 2 aromatic rings. The fraction of sp³-hybridized carbons (Fsp3) is 0.389. The second-order valence-electron chi connectivity index (χ2n) is 6.18. The molecule has 0 aliphatic rings. The molecule has 0 fully saturated rings. The Bertz CT molecular complexity index is 719. The largest absolute Gasteiger partial charge is 0.494 e. The number of Topliss-reactive ketones (excluding diaryl/α,β-unsaturated/α-hetero) is 1. The van der Waals surface area contributed by atoms with Gasteiger partial charge in [-0.15, -0.1) is 11.3 Å². The lowest BCUT2D eigenvalue weighted by Crippen LogP contribution is -2.27. The molecule has 0 aliphatic heterocycles. The summed E-state index contributed by atoms with van der Waals surface area (Å²) in [5.74, 6) is -0.278. The van der Waals surface area contributed by atoms with E-state index in [0.717, 1.165) is 16.3 Å². The fourth-order valence-electron chi connectivity index (χ4n) is 2.21. The molecular weight excluding hydrogens is 326 g/mol. The number of benzene rings is 1. The van der Waals surface area contributed by atoms with Crippen molar-refractivity contribution in [1.29, 1.82) is 0 Å². The van der Waals surface area contributed by atoms with E-state index in [-0.39, 0.29) is 18.6 Å². The van der Waals surface area contributed by atoms with E-state index < -0.39 is 11.4 Å². The number of carboxylic acids is 1. The number of aliphatic carboxylic acids is 1. The van der Waals surface area contributed by atoms with Crippen LogP contribution in [0.25, 0.3) is 10.6 Å². The van der Waals surface area contributed by atoms with Crippen LogP contribution in [0.3, 0.4) is 0 Å². The van der Waals surface area contributed by atoms with Crippen LogP contribution >= 0.6 is 11.3 Å². The molecule has 1 N–H and O–H groups in total. The molecule has 0 amide bonds. The van der Waals surface area contributed by atoms with Gasteiger partial charge in [0.2, 0.25) is 0 Å². The van der Waals surface area contributed by atoms with Gasteiger partial charge in [0.15, 0.2) is 0 Å². The van der Waals surface area contributed by atoms with Gasteiger partial charge in [0.1, 0.15) is 16.5 Å². The van der Waals surface area contributed by atoms with Gasteiger partial charge in [-0.2, -0.15) is 0 Å². The average Bonchev–Trinajstić information content (AvgIpc) is 2.96. The van der Waals surface area contributed by atoms with Crippen molar-refractivity contribution in [3.63, 3.8) is 0 Å². The molecule has 0 radical (unpaired) electrons. The highest BCUT2D eigenvalue weighted by Gasteiger charge is 2.30. The van der Waals surface area contributed by atoms with Gasteiger partial charge in [-0.1, -0.05) is 0 Å². The number of thiazole rings is 1. The van der Waals surface area contributed by atoms with Crippen LogP contribution in [0.5, 0.6) is 5.75 Å². The first-order chi connectivity index (χ1) is 11.3. The van der Waals surface area contributed by atoms with Crippen molar-refractivity contribution in [2.75, 3.05) is 6.61 Å². The highest BCUT2D eigenvalue weighted by Crippen LogP contribution is 2.27. The molecule has 128 valence electrons. The first-order valence-electron chi connectivity index (χ1n) is 7.74. The third kappa shape index (κ3) is 4.64. The van der Waals surface area contributed by atoms with E-state index in [1.165, 1.54) is 11.3 Å². The molecule has 0 aliphatic carbocycles. The Kier molecular flexibility index (Phi) is 5.72. The second kappa shape index (κ2) is 7.57. The standard InChI is InChI=1S/C18H21NO4S/c1-4-23-15-7-5-12(6-8-15)16-19-13(11-24-16)9-14(20)10-18(2,3)17(21)22/h5-8,11H,4,9-10H2,1-3H3,(H,21,22). The highest BCUT2D eigenvalue weighted by atomic mass is 32.1. The molecule has 1 heterocycles. The number of aromatic nitrogens is 1. The van der Waals surface area contributed by atoms with Crippen LogP contribution in [0.2, 0.25) is 0 Å². The topological polar surface area (TPSA) is 76.5 Å². The van der Waals surface area contributed by atoms with Crippen LogP contribution < -0.4 is 4.74 Å². The van der Waals surface area contributed by atoms with Gasteiger partial charge >= 0.3 is 5.97 Å². The summed E-state index contributed by atoms with van der Waals surface area (Å²) in [5.41, 5.74) is 0.591. The van der Waals surface area contributed by atoms with Crippen LogP contribution in [0.15, 0.2) is 29.6 Å². The Morgan fingerprint density at radius 2 is 1.92 bits per heavy atom. The van der Waals surface area contributed by atoms with Crippen LogP contribution in [0, 0.1) is 5.41 Å². The zero-order chi connectivity index (χ0) is 17.7. The number of ketones is 1. The number of carboxylic acid groups (broad SMARTS) is 1. The van der Waals surface area contributed by atoms with Gasteiger partial charge in [0, 0.05) is 23.8 Å². The summed E-state index contributed by atoms with van der Waals surface area (Å²) < 4.78 is 5.41. The maximum atomic E-state index is 12.1. The van der Waals surface area contributed by atoms with Gasteiger partial charge in [-0.05, 0) is 45.0 Å². The van der Waals surface area contributed by atoms with E-state index in [1.807, 2.05) is 36.6 Å².